The Balaban J connectivity index is 2.03. The molecule has 0 bridgehead atoms. The maximum Gasteiger partial charge on any atom is 0.120 e. The summed E-state index contributed by atoms with van der Waals surface area (Å²) in [4.78, 5) is 0. The normalized spacial score (nSPS) is 25.3. The highest BCUT2D eigenvalue weighted by atomic mass is 16.5. The third kappa shape index (κ3) is 3.98. The predicted octanol–water partition coefficient (Wildman–Crippen LogP) is 3.89. The molecular weight excluding hydrogens is 260 g/mol. The fourth-order valence-corrected chi connectivity index (χ4v) is 2.97. The molecule has 1 saturated carbocycles. The summed E-state index contributed by atoms with van der Waals surface area (Å²) in [5.41, 5.74) is 2.12. The van der Waals surface area contributed by atoms with E-state index in [1.165, 1.54) is 11.1 Å². The number of ether oxygens (including phenoxy) is 1. The van der Waals surface area contributed by atoms with Crippen LogP contribution in [-0.2, 0) is 0 Å². The molecule has 1 aromatic rings. The van der Waals surface area contributed by atoms with E-state index in [0.717, 1.165) is 44.4 Å². The van der Waals surface area contributed by atoms with Crippen molar-refractivity contribution < 1.29 is 4.74 Å². The van der Waals surface area contributed by atoms with E-state index in [-0.39, 0.29) is 6.10 Å². The molecular formula is C18H26N2O. The second kappa shape index (κ2) is 6.95. The van der Waals surface area contributed by atoms with Gasteiger partial charge in [-0.1, -0.05) is 13.0 Å². The number of nitrogens with zero attached hydrogens (tertiary/aromatic N) is 1. The Kier molecular flexibility index (Phi) is 5.25. The lowest BCUT2D eigenvalue weighted by atomic mass is 9.81. The highest BCUT2D eigenvalue weighted by molar-refractivity contribution is 5.34. The molecule has 3 heteroatoms. The summed E-state index contributed by atoms with van der Waals surface area (Å²) >= 11 is 0. The molecule has 1 fully saturated rings. The van der Waals surface area contributed by atoms with Crippen molar-refractivity contribution in [3.63, 3.8) is 0 Å². The molecule has 2 atom stereocenters. The lowest BCUT2D eigenvalue weighted by molar-refractivity contribution is 0.112. The van der Waals surface area contributed by atoms with Crippen LogP contribution in [0.5, 0.6) is 5.75 Å². The SMILES string of the molecule is CCCNC1(C#N)CCCC(Oc2ccc(C)c(C)c2)C1. The van der Waals surface area contributed by atoms with Crippen LogP contribution < -0.4 is 10.1 Å². The molecule has 0 spiro atoms. The molecule has 1 aliphatic carbocycles. The average molecular weight is 286 g/mol. The van der Waals surface area contributed by atoms with E-state index in [0.29, 0.717) is 0 Å². The van der Waals surface area contributed by atoms with Gasteiger partial charge in [0.05, 0.1) is 6.07 Å². The number of nitrogens with one attached hydrogen (secondary N) is 1. The molecule has 0 aromatic heterocycles. The summed E-state index contributed by atoms with van der Waals surface area (Å²) in [5.74, 6) is 0.923. The van der Waals surface area contributed by atoms with Gasteiger partial charge in [-0.3, -0.25) is 5.32 Å². The van der Waals surface area contributed by atoms with Crippen LogP contribution in [0, 0.1) is 25.2 Å². The van der Waals surface area contributed by atoms with E-state index in [1.807, 2.05) is 6.07 Å². The minimum Gasteiger partial charge on any atom is -0.490 e. The van der Waals surface area contributed by atoms with Crippen LogP contribution in [-0.4, -0.2) is 18.2 Å². The van der Waals surface area contributed by atoms with Crippen LogP contribution in [0.3, 0.4) is 0 Å². The molecule has 0 aliphatic heterocycles. The average Bonchev–Trinajstić information content (AvgIpc) is 2.49. The Hall–Kier alpha value is -1.53. The van der Waals surface area contributed by atoms with Crippen molar-refractivity contribution in [2.24, 2.45) is 0 Å². The Bertz CT molecular complexity index is 520. The van der Waals surface area contributed by atoms with E-state index >= 15 is 0 Å². The molecule has 2 rings (SSSR count). The zero-order chi connectivity index (χ0) is 15.3. The van der Waals surface area contributed by atoms with E-state index < -0.39 is 5.54 Å². The molecule has 2 unspecified atom stereocenters. The molecule has 1 aliphatic rings. The van der Waals surface area contributed by atoms with Gasteiger partial charge in [0.1, 0.15) is 17.4 Å². The van der Waals surface area contributed by atoms with Crippen molar-refractivity contribution in [3.05, 3.63) is 29.3 Å². The van der Waals surface area contributed by atoms with Crippen molar-refractivity contribution in [1.29, 1.82) is 5.26 Å². The zero-order valence-electron chi connectivity index (χ0n) is 13.4. The second-order valence-corrected chi connectivity index (χ2v) is 6.20. The molecule has 0 heterocycles. The van der Waals surface area contributed by atoms with Gasteiger partial charge < -0.3 is 4.74 Å². The molecule has 0 saturated heterocycles. The van der Waals surface area contributed by atoms with Gasteiger partial charge >= 0.3 is 0 Å². The summed E-state index contributed by atoms with van der Waals surface area (Å²) in [6.45, 7) is 7.23. The quantitative estimate of drug-likeness (QED) is 0.893. The largest absolute Gasteiger partial charge is 0.490 e. The van der Waals surface area contributed by atoms with Gasteiger partial charge in [0.15, 0.2) is 0 Å². The fourth-order valence-electron chi connectivity index (χ4n) is 2.97. The molecule has 0 amide bonds. The van der Waals surface area contributed by atoms with Crippen molar-refractivity contribution in [1.82, 2.24) is 5.32 Å². The van der Waals surface area contributed by atoms with Gasteiger partial charge in [-0.05, 0) is 69.3 Å². The topological polar surface area (TPSA) is 45.0 Å². The van der Waals surface area contributed by atoms with E-state index in [9.17, 15) is 5.26 Å². The highest BCUT2D eigenvalue weighted by Crippen LogP contribution is 2.31. The molecule has 0 radical (unpaired) electrons. The minimum atomic E-state index is -0.404. The van der Waals surface area contributed by atoms with E-state index in [4.69, 9.17) is 4.74 Å². The molecule has 3 nitrogen and oxygen atoms in total. The lowest BCUT2D eigenvalue weighted by Crippen LogP contribution is -2.50. The monoisotopic (exact) mass is 286 g/mol. The van der Waals surface area contributed by atoms with Gasteiger partial charge in [0.25, 0.3) is 0 Å². The van der Waals surface area contributed by atoms with Gasteiger partial charge in [-0.25, -0.2) is 0 Å². The Labute approximate surface area is 128 Å². The second-order valence-electron chi connectivity index (χ2n) is 6.20. The third-order valence-electron chi connectivity index (χ3n) is 4.41. The lowest BCUT2D eigenvalue weighted by Gasteiger charge is -2.36. The van der Waals surface area contributed by atoms with Gasteiger partial charge in [0.2, 0.25) is 0 Å². The van der Waals surface area contributed by atoms with E-state index in [2.05, 4.69) is 44.3 Å². The Morgan fingerprint density at radius 2 is 2.19 bits per heavy atom. The first-order valence-electron chi connectivity index (χ1n) is 7.99. The van der Waals surface area contributed by atoms with Gasteiger partial charge in [-0.2, -0.15) is 5.26 Å². The first kappa shape index (κ1) is 15.9. The summed E-state index contributed by atoms with van der Waals surface area (Å²) < 4.78 is 6.14. The van der Waals surface area contributed by atoms with Crippen LogP contribution in [0.25, 0.3) is 0 Å². The molecule has 1 aromatic carbocycles. The first-order valence-corrected chi connectivity index (χ1v) is 7.99. The smallest absolute Gasteiger partial charge is 0.120 e. The maximum atomic E-state index is 9.56. The van der Waals surface area contributed by atoms with Crippen LogP contribution >= 0.6 is 0 Å². The van der Waals surface area contributed by atoms with Crippen LogP contribution in [0.2, 0.25) is 0 Å². The fraction of sp³-hybridized carbons (Fsp3) is 0.611. The number of nitriles is 1. The zero-order valence-corrected chi connectivity index (χ0v) is 13.4. The third-order valence-corrected chi connectivity index (χ3v) is 4.41. The van der Waals surface area contributed by atoms with Crippen LogP contribution in [0.4, 0.5) is 0 Å². The molecule has 21 heavy (non-hydrogen) atoms. The number of hydrogen-bond acceptors (Lipinski definition) is 3. The minimum absolute atomic E-state index is 0.130. The predicted molar refractivity (Wildman–Crippen MR) is 85.4 cm³/mol. The summed E-state index contributed by atoms with van der Waals surface area (Å²) in [5, 5.41) is 13.0. The van der Waals surface area contributed by atoms with Gasteiger partial charge in [0, 0.05) is 6.42 Å². The van der Waals surface area contributed by atoms with Crippen molar-refractivity contribution in [3.8, 4) is 11.8 Å². The van der Waals surface area contributed by atoms with Crippen molar-refractivity contribution in [2.75, 3.05) is 6.54 Å². The Morgan fingerprint density at radius 3 is 2.86 bits per heavy atom. The number of hydrogen-bond donors (Lipinski definition) is 1. The maximum absolute atomic E-state index is 9.56. The van der Waals surface area contributed by atoms with Crippen molar-refractivity contribution >= 4 is 0 Å². The first-order chi connectivity index (χ1) is 10.1. The Morgan fingerprint density at radius 1 is 1.38 bits per heavy atom. The summed E-state index contributed by atoms with van der Waals surface area (Å²) in [7, 11) is 0. The van der Waals surface area contributed by atoms with Crippen LogP contribution in [0.15, 0.2) is 18.2 Å². The molecule has 114 valence electrons. The standard InChI is InChI=1S/C18H26N2O/c1-4-10-20-18(13-19)9-5-6-17(12-18)21-16-8-7-14(2)15(3)11-16/h7-8,11,17,20H,4-6,9-10,12H2,1-3H3. The summed E-state index contributed by atoms with van der Waals surface area (Å²) in [6, 6.07) is 8.72. The van der Waals surface area contributed by atoms with Gasteiger partial charge in [-0.15, -0.1) is 0 Å². The number of rotatable bonds is 5. The highest BCUT2D eigenvalue weighted by Gasteiger charge is 2.37. The summed E-state index contributed by atoms with van der Waals surface area (Å²) in [6.07, 6.45) is 4.95. The van der Waals surface area contributed by atoms with Crippen molar-refractivity contribution in [2.45, 2.75) is 64.5 Å². The molecule has 1 N–H and O–H groups in total. The number of benzene rings is 1. The number of aryl methyl sites for hydroxylation is 2. The van der Waals surface area contributed by atoms with E-state index in [1.54, 1.807) is 0 Å². The van der Waals surface area contributed by atoms with Crippen LogP contribution in [0.1, 0.15) is 50.2 Å².